The molecule has 2 aliphatic rings. The van der Waals surface area contributed by atoms with E-state index >= 15 is 0 Å². The third kappa shape index (κ3) is 2.79. The summed E-state index contributed by atoms with van der Waals surface area (Å²) in [6, 6.07) is 9.27. The number of piperidine rings is 1. The summed E-state index contributed by atoms with van der Waals surface area (Å²) in [5, 5.41) is 13.6. The molecule has 1 unspecified atom stereocenters. The van der Waals surface area contributed by atoms with Crippen molar-refractivity contribution in [1.29, 1.82) is 5.26 Å². The number of carbonyl (C=O) groups excluding carboxylic acids is 1. The molecule has 0 radical (unpaired) electrons. The smallest absolute Gasteiger partial charge is 0.237 e. The van der Waals surface area contributed by atoms with E-state index in [9.17, 15) is 10.1 Å². The number of rotatable bonds is 4. The number of aromatic amines is 1. The number of hydrogen-bond donors (Lipinski definition) is 2. The van der Waals surface area contributed by atoms with Crippen LogP contribution in [-0.4, -0.2) is 42.0 Å². The number of fused-ring (bicyclic) bond motifs is 2. The number of hydrogen-bond acceptors (Lipinski definition) is 3. The van der Waals surface area contributed by atoms with Crippen molar-refractivity contribution in [3.63, 3.8) is 0 Å². The van der Waals surface area contributed by atoms with Gasteiger partial charge in [0.25, 0.3) is 0 Å². The van der Waals surface area contributed by atoms with E-state index in [0.29, 0.717) is 30.8 Å². The molecule has 0 spiro atoms. The van der Waals surface area contributed by atoms with Crippen LogP contribution in [0.4, 0.5) is 0 Å². The Bertz CT molecular complexity index is 865. The maximum atomic E-state index is 12.1. The number of H-pyrrole nitrogens is 1. The molecule has 1 aromatic heterocycles. The van der Waals surface area contributed by atoms with E-state index in [1.807, 2.05) is 6.92 Å². The van der Waals surface area contributed by atoms with E-state index in [2.05, 4.69) is 52.7 Å². The molecule has 2 aromatic rings. The quantitative estimate of drug-likeness (QED) is 0.891. The van der Waals surface area contributed by atoms with E-state index in [0.717, 1.165) is 19.4 Å². The first-order valence-corrected chi connectivity index (χ1v) is 9.58. The van der Waals surface area contributed by atoms with Gasteiger partial charge in [-0.2, -0.15) is 5.26 Å². The minimum Gasteiger partial charge on any atom is -0.361 e. The average molecular weight is 350 g/mol. The van der Waals surface area contributed by atoms with Crippen molar-refractivity contribution in [2.45, 2.75) is 38.1 Å². The van der Waals surface area contributed by atoms with Crippen molar-refractivity contribution in [3.05, 3.63) is 35.5 Å². The van der Waals surface area contributed by atoms with Gasteiger partial charge in [-0.25, -0.2) is 0 Å². The number of likely N-dealkylation sites (tertiary alicyclic amines) is 1. The molecule has 5 nitrogen and oxygen atoms in total. The zero-order valence-corrected chi connectivity index (χ0v) is 15.5. The summed E-state index contributed by atoms with van der Waals surface area (Å²) in [5.41, 5.74) is 4.07. The Morgan fingerprint density at radius 2 is 2.35 bits per heavy atom. The second kappa shape index (κ2) is 6.77. The molecule has 1 saturated heterocycles. The third-order valence-corrected chi connectivity index (χ3v) is 6.20. The van der Waals surface area contributed by atoms with Gasteiger partial charge in [0.1, 0.15) is 5.92 Å². The lowest BCUT2D eigenvalue weighted by Gasteiger charge is -2.46. The van der Waals surface area contributed by atoms with Gasteiger partial charge in [0, 0.05) is 42.1 Å². The summed E-state index contributed by atoms with van der Waals surface area (Å²) in [6.45, 7) is 3.42. The van der Waals surface area contributed by atoms with Gasteiger partial charge in [0.2, 0.25) is 5.91 Å². The first-order valence-electron chi connectivity index (χ1n) is 9.58. The fourth-order valence-corrected chi connectivity index (χ4v) is 5.07. The zero-order chi connectivity index (χ0) is 18.3. The molecule has 4 atom stereocenters. The number of benzene rings is 1. The molecule has 1 amide bonds. The lowest BCUT2D eigenvalue weighted by Crippen LogP contribution is -2.48. The van der Waals surface area contributed by atoms with Crippen LogP contribution in [0.25, 0.3) is 10.9 Å². The molecule has 1 aliphatic heterocycles. The Morgan fingerprint density at radius 1 is 1.50 bits per heavy atom. The van der Waals surface area contributed by atoms with Crippen molar-refractivity contribution in [2.75, 3.05) is 20.1 Å². The number of aromatic nitrogens is 1. The standard InChI is InChI=1S/C21H26N4O/c1-3-23-21(26)14(10-22)7-13-8-17-16-5-4-6-18-20(16)15(11-24-18)9-19(17)25(2)12-13/h4-6,11,13-14,17,19,24H,3,7-9,12H2,1-2H3,(H,23,26)/t13-,14?,17-,19-/m1/s1. The zero-order valence-electron chi connectivity index (χ0n) is 15.5. The molecule has 136 valence electrons. The van der Waals surface area contributed by atoms with Crippen LogP contribution in [0.2, 0.25) is 0 Å². The summed E-state index contributed by atoms with van der Waals surface area (Å²) in [6.07, 6.45) is 4.93. The molecule has 26 heavy (non-hydrogen) atoms. The van der Waals surface area contributed by atoms with Crippen molar-refractivity contribution in [1.82, 2.24) is 15.2 Å². The predicted molar refractivity (Wildman–Crippen MR) is 102 cm³/mol. The average Bonchev–Trinajstić information content (AvgIpc) is 3.05. The molecular weight excluding hydrogens is 324 g/mol. The molecule has 1 fully saturated rings. The molecule has 2 heterocycles. The van der Waals surface area contributed by atoms with Gasteiger partial charge in [0.15, 0.2) is 0 Å². The molecule has 1 aromatic carbocycles. The maximum Gasteiger partial charge on any atom is 0.237 e. The van der Waals surface area contributed by atoms with Crippen molar-refractivity contribution in [3.8, 4) is 6.07 Å². The molecule has 0 saturated carbocycles. The topological polar surface area (TPSA) is 71.9 Å². The Balaban J connectivity index is 1.59. The Labute approximate surface area is 154 Å². The highest BCUT2D eigenvalue weighted by molar-refractivity contribution is 5.88. The Hall–Kier alpha value is -2.32. The second-order valence-electron chi connectivity index (χ2n) is 7.81. The van der Waals surface area contributed by atoms with E-state index in [4.69, 9.17) is 0 Å². The predicted octanol–water partition coefficient (Wildman–Crippen LogP) is 2.79. The summed E-state index contributed by atoms with van der Waals surface area (Å²) in [5.74, 6) is 0.161. The molecular formula is C21H26N4O. The van der Waals surface area contributed by atoms with Gasteiger partial charge < -0.3 is 15.2 Å². The van der Waals surface area contributed by atoms with Crippen molar-refractivity contribution < 1.29 is 4.79 Å². The molecule has 4 rings (SSSR count). The first-order chi connectivity index (χ1) is 12.6. The number of likely N-dealkylation sites (N-methyl/N-ethyl adjacent to an activating group) is 1. The van der Waals surface area contributed by atoms with Gasteiger partial charge in [0.05, 0.1) is 6.07 Å². The number of nitrogens with one attached hydrogen (secondary N) is 2. The lowest BCUT2D eigenvalue weighted by atomic mass is 9.71. The van der Waals surface area contributed by atoms with E-state index in [1.165, 1.54) is 22.0 Å². The summed E-state index contributed by atoms with van der Waals surface area (Å²) in [7, 11) is 2.19. The van der Waals surface area contributed by atoms with Crippen LogP contribution in [0.1, 0.15) is 36.8 Å². The summed E-state index contributed by atoms with van der Waals surface area (Å²) < 4.78 is 0. The van der Waals surface area contributed by atoms with Gasteiger partial charge in [-0.05, 0) is 56.3 Å². The van der Waals surface area contributed by atoms with Gasteiger partial charge >= 0.3 is 0 Å². The number of nitrogens with zero attached hydrogens (tertiary/aromatic N) is 2. The number of nitriles is 1. The van der Waals surface area contributed by atoms with E-state index in [1.54, 1.807) is 0 Å². The fourth-order valence-electron chi connectivity index (χ4n) is 5.07. The van der Waals surface area contributed by atoms with Crippen LogP contribution in [0.3, 0.4) is 0 Å². The SMILES string of the molecule is CCNC(=O)C(C#N)C[C@@H]1C[C@@H]2c3cccc4[nH]cc(c34)C[C@H]2N(C)C1. The fraction of sp³-hybridized carbons (Fsp3) is 0.524. The Morgan fingerprint density at radius 3 is 3.12 bits per heavy atom. The lowest BCUT2D eigenvalue weighted by molar-refractivity contribution is -0.123. The summed E-state index contributed by atoms with van der Waals surface area (Å²) in [4.78, 5) is 18.0. The van der Waals surface area contributed by atoms with Crippen molar-refractivity contribution >= 4 is 16.8 Å². The summed E-state index contributed by atoms with van der Waals surface area (Å²) >= 11 is 0. The molecule has 0 bridgehead atoms. The monoisotopic (exact) mass is 350 g/mol. The second-order valence-corrected chi connectivity index (χ2v) is 7.81. The highest BCUT2D eigenvalue weighted by atomic mass is 16.1. The minimum absolute atomic E-state index is 0.126. The van der Waals surface area contributed by atoms with Gasteiger partial charge in [-0.15, -0.1) is 0 Å². The van der Waals surface area contributed by atoms with Crippen LogP contribution < -0.4 is 5.32 Å². The van der Waals surface area contributed by atoms with Crippen molar-refractivity contribution in [2.24, 2.45) is 11.8 Å². The van der Waals surface area contributed by atoms with Gasteiger partial charge in [-0.1, -0.05) is 12.1 Å². The maximum absolute atomic E-state index is 12.1. The van der Waals surface area contributed by atoms with Crippen LogP contribution in [0, 0.1) is 23.2 Å². The first kappa shape index (κ1) is 17.1. The number of carbonyl (C=O) groups is 1. The molecule has 1 aliphatic carbocycles. The normalized spacial score (nSPS) is 26.1. The Kier molecular flexibility index (Phi) is 4.46. The van der Waals surface area contributed by atoms with Crippen LogP contribution >= 0.6 is 0 Å². The molecule has 2 N–H and O–H groups in total. The van der Waals surface area contributed by atoms with E-state index < -0.39 is 5.92 Å². The van der Waals surface area contributed by atoms with Crippen LogP contribution in [-0.2, 0) is 11.2 Å². The number of amides is 1. The van der Waals surface area contributed by atoms with Crippen LogP contribution in [0.5, 0.6) is 0 Å². The highest BCUT2D eigenvalue weighted by Crippen LogP contribution is 2.45. The van der Waals surface area contributed by atoms with Crippen LogP contribution in [0.15, 0.2) is 24.4 Å². The van der Waals surface area contributed by atoms with Gasteiger partial charge in [-0.3, -0.25) is 4.79 Å². The molecule has 5 heteroatoms. The van der Waals surface area contributed by atoms with E-state index in [-0.39, 0.29) is 5.91 Å². The highest BCUT2D eigenvalue weighted by Gasteiger charge is 2.40. The minimum atomic E-state index is -0.549. The third-order valence-electron chi connectivity index (χ3n) is 6.20. The largest absolute Gasteiger partial charge is 0.361 e.